The number of aliphatic hydroxyl groups is 1. The summed E-state index contributed by atoms with van der Waals surface area (Å²) >= 11 is 0. The van der Waals surface area contributed by atoms with Crippen LogP contribution < -0.4 is 0 Å². The van der Waals surface area contributed by atoms with E-state index < -0.39 is 6.10 Å². The lowest BCUT2D eigenvalue weighted by Gasteiger charge is -2.37. The SMILES string of the molecule is COCCN(C[C@H]1CN(C[C@@H](O)CN2CCOCC2)CCO1)C(=O)c1ccc(F)cc1. The second-order valence-electron chi connectivity index (χ2n) is 8.07. The first kappa shape index (κ1) is 24.0. The first-order valence-electron chi connectivity index (χ1n) is 10.9. The van der Waals surface area contributed by atoms with Crippen LogP contribution in [0.2, 0.25) is 0 Å². The van der Waals surface area contributed by atoms with Crippen LogP contribution in [0.3, 0.4) is 0 Å². The van der Waals surface area contributed by atoms with Gasteiger partial charge in [0.1, 0.15) is 5.82 Å². The topological polar surface area (TPSA) is 74.7 Å². The van der Waals surface area contributed by atoms with Crippen LogP contribution in [-0.2, 0) is 14.2 Å². The summed E-state index contributed by atoms with van der Waals surface area (Å²) in [5, 5.41) is 10.5. The first-order valence-corrected chi connectivity index (χ1v) is 10.9. The van der Waals surface area contributed by atoms with Crippen LogP contribution in [0.25, 0.3) is 0 Å². The molecule has 8 nitrogen and oxygen atoms in total. The minimum atomic E-state index is -0.442. The molecule has 2 fully saturated rings. The molecule has 0 spiro atoms. The summed E-state index contributed by atoms with van der Waals surface area (Å²) in [7, 11) is 1.59. The van der Waals surface area contributed by atoms with Crippen molar-refractivity contribution in [1.82, 2.24) is 14.7 Å². The molecule has 2 saturated heterocycles. The highest BCUT2D eigenvalue weighted by Gasteiger charge is 2.27. The molecule has 0 saturated carbocycles. The standard InChI is InChI=1S/C22H34FN3O5/c1-29-10-9-26(22(28)18-2-4-19(23)5-3-18)17-21-16-25(8-13-31-21)15-20(27)14-24-6-11-30-12-7-24/h2-5,20-21,27H,6-17H2,1H3/t20-,21+/m0/s1. The Labute approximate surface area is 183 Å². The third-order valence-corrected chi connectivity index (χ3v) is 5.63. The molecule has 0 unspecified atom stereocenters. The van der Waals surface area contributed by atoms with Crippen molar-refractivity contribution in [2.75, 3.05) is 85.9 Å². The highest BCUT2D eigenvalue weighted by atomic mass is 19.1. The van der Waals surface area contributed by atoms with Crippen LogP contribution in [0, 0.1) is 5.82 Å². The molecule has 1 N–H and O–H groups in total. The van der Waals surface area contributed by atoms with Gasteiger partial charge in [-0.15, -0.1) is 0 Å². The summed E-state index contributed by atoms with van der Waals surface area (Å²) in [6, 6.07) is 5.56. The van der Waals surface area contributed by atoms with Crippen LogP contribution in [0.1, 0.15) is 10.4 Å². The Balaban J connectivity index is 1.52. The van der Waals surface area contributed by atoms with Gasteiger partial charge in [-0.05, 0) is 24.3 Å². The molecule has 0 radical (unpaired) electrons. The zero-order valence-electron chi connectivity index (χ0n) is 18.2. The number of hydrogen-bond acceptors (Lipinski definition) is 7. The summed E-state index contributed by atoms with van der Waals surface area (Å²) in [5.41, 5.74) is 0.436. The number of halogens is 1. The fourth-order valence-corrected chi connectivity index (χ4v) is 3.99. The van der Waals surface area contributed by atoms with E-state index in [0.29, 0.717) is 64.7 Å². The lowest BCUT2D eigenvalue weighted by Crippen LogP contribution is -2.52. The minimum Gasteiger partial charge on any atom is -0.390 e. The number of amides is 1. The average molecular weight is 440 g/mol. The van der Waals surface area contributed by atoms with Crippen molar-refractivity contribution < 1.29 is 28.5 Å². The summed E-state index contributed by atoms with van der Waals surface area (Å²) in [6.45, 7) is 7.51. The Hall–Kier alpha value is -1.62. The number of nitrogens with zero attached hydrogens (tertiary/aromatic N) is 3. The van der Waals surface area contributed by atoms with E-state index in [1.165, 1.54) is 24.3 Å². The fourth-order valence-electron chi connectivity index (χ4n) is 3.99. The van der Waals surface area contributed by atoms with Gasteiger partial charge in [-0.3, -0.25) is 14.6 Å². The Kier molecular flexibility index (Phi) is 9.63. The smallest absolute Gasteiger partial charge is 0.254 e. The number of benzene rings is 1. The number of ether oxygens (including phenoxy) is 3. The van der Waals surface area contributed by atoms with Crippen LogP contribution in [0.4, 0.5) is 4.39 Å². The van der Waals surface area contributed by atoms with E-state index in [0.717, 1.165) is 19.6 Å². The summed E-state index contributed by atoms with van der Waals surface area (Å²) < 4.78 is 29.7. The number of carbonyl (C=O) groups excluding carboxylic acids is 1. The number of methoxy groups -OCH3 is 1. The molecule has 174 valence electrons. The normalized spacial score (nSPS) is 21.7. The lowest BCUT2D eigenvalue weighted by atomic mass is 10.1. The number of morpholine rings is 2. The molecular formula is C22H34FN3O5. The molecule has 0 bridgehead atoms. The zero-order chi connectivity index (χ0) is 22.1. The van der Waals surface area contributed by atoms with E-state index >= 15 is 0 Å². The van der Waals surface area contributed by atoms with Crippen molar-refractivity contribution >= 4 is 5.91 Å². The van der Waals surface area contributed by atoms with Crippen LogP contribution in [-0.4, -0.2) is 124 Å². The molecule has 2 atom stereocenters. The van der Waals surface area contributed by atoms with Crippen molar-refractivity contribution in [3.63, 3.8) is 0 Å². The molecule has 2 heterocycles. The maximum atomic E-state index is 13.2. The van der Waals surface area contributed by atoms with E-state index in [4.69, 9.17) is 14.2 Å². The van der Waals surface area contributed by atoms with Gasteiger partial charge in [-0.2, -0.15) is 0 Å². The average Bonchev–Trinajstić information content (AvgIpc) is 2.77. The van der Waals surface area contributed by atoms with Crippen molar-refractivity contribution in [2.45, 2.75) is 12.2 Å². The van der Waals surface area contributed by atoms with Crippen LogP contribution in [0.5, 0.6) is 0 Å². The van der Waals surface area contributed by atoms with Crippen LogP contribution >= 0.6 is 0 Å². The van der Waals surface area contributed by atoms with E-state index in [2.05, 4.69) is 9.80 Å². The number of carbonyl (C=O) groups is 1. The van der Waals surface area contributed by atoms with E-state index in [1.54, 1.807) is 12.0 Å². The molecule has 1 amide bonds. The highest BCUT2D eigenvalue weighted by Crippen LogP contribution is 2.12. The van der Waals surface area contributed by atoms with Gasteiger partial charge in [0.15, 0.2) is 0 Å². The van der Waals surface area contributed by atoms with Gasteiger partial charge < -0.3 is 24.2 Å². The quantitative estimate of drug-likeness (QED) is 0.562. The first-order chi connectivity index (χ1) is 15.0. The Morgan fingerprint density at radius 1 is 1.19 bits per heavy atom. The van der Waals surface area contributed by atoms with Gasteiger partial charge in [0.25, 0.3) is 5.91 Å². The monoisotopic (exact) mass is 439 g/mol. The lowest BCUT2D eigenvalue weighted by molar-refractivity contribution is -0.0564. The maximum absolute atomic E-state index is 13.2. The van der Waals surface area contributed by atoms with E-state index in [-0.39, 0.29) is 17.8 Å². The zero-order valence-corrected chi connectivity index (χ0v) is 18.2. The predicted octanol–water partition coefficient (Wildman–Crippen LogP) is 0.308. The van der Waals surface area contributed by atoms with E-state index in [9.17, 15) is 14.3 Å². The van der Waals surface area contributed by atoms with Gasteiger partial charge in [-0.1, -0.05) is 0 Å². The Morgan fingerprint density at radius 2 is 1.87 bits per heavy atom. The van der Waals surface area contributed by atoms with Gasteiger partial charge >= 0.3 is 0 Å². The number of aliphatic hydroxyl groups excluding tert-OH is 1. The van der Waals surface area contributed by atoms with Gasteiger partial charge in [-0.25, -0.2) is 4.39 Å². The van der Waals surface area contributed by atoms with Gasteiger partial charge in [0.05, 0.1) is 38.6 Å². The molecule has 0 aromatic heterocycles. The summed E-state index contributed by atoms with van der Waals surface area (Å²) in [4.78, 5) is 19.0. The Bertz CT molecular complexity index is 672. The second kappa shape index (κ2) is 12.4. The molecule has 31 heavy (non-hydrogen) atoms. The molecule has 9 heteroatoms. The molecule has 2 aliphatic heterocycles. The van der Waals surface area contributed by atoms with Crippen molar-refractivity contribution in [3.05, 3.63) is 35.6 Å². The second-order valence-corrected chi connectivity index (χ2v) is 8.07. The highest BCUT2D eigenvalue weighted by molar-refractivity contribution is 5.94. The number of β-amino-alcohol motifs (C(OH)–C–C–N with tert-alkyl or cyclic N) is 1. The van der Waals surface area contributed by atoms with Crippen molar-refractivity contribution in [2.24, 2.45) is 0 Å². The molecule has 3 rings (SSSR count). The van der Waals surface area contributed by atoms with Gasteiger partial charge in [0.2, 0.25) is 0 Å². The molecule has 2 aliphatic rings. The molecule has 1 aromatic rings. The summed E-state index contributed by atoms with van der Waals surface area (Å²) in [5.74, 6) is -0.549. The molecular weight excluding hydrogens is 405 g/mol. The maximum Gasteiger partial charge on any atom is 0.254 e. The van der Waals surface area contributed by atoms with Crippen LogP contribution in [0.15, 0.2) is 24.3 Å². The molecule has 1 aromatic carbocycles. The third-order valence-electron chi connectivity index (χ3n) is 5.63. The fraction of sp³-hybridized carbons (Fsp3) is 0.682. The van der Waals surface area contributed by atoms with Crippen molar-refractivity contribution in [1.29, 1.82) is 0 Å². The largest absolute Gasteiger partial charge is 0.390 e. The Morgan fingerprint density at radius 3 is 2.58 bits per heavy atom. The number of rotatable bonds is 10. The molecule has 0 aliphatic carbocycles. The predicted molar refractivity (Wildman–Crippen MR) is 114 cm³/mol. The number of hydrogen-bond donors (Lipinski definition) is 1. The van der Waals surface area contributed by atoms with Crippen molar-refractivity contribution in [3.8, 4) is 0 Å². The third kappa shape index (κ3) is 7.78. The minimum absolute atomic E-state index is 0.161. The summed E-state index contributed by atoms with van der Waals surface area (Å²) in [6.07, 6.45) is -0.604. The van der Waals surface area contributed by atoms with Gasteiger partial charge in [0, 0.05) is 65.0 Å². The van der Waals surface area contributed by atoms with E-state index in [1.807, 2.05) is 0 Å².